The molecule has 1 saturated heterocycles. The van der Waals surface area contributed by atoms with Gasteiger partial charge in [-0.2, -0.15) is 0 Å². The van der Waals surface area contributed by atoms with Crippen LogP contribution in [0.3, 0.4) is 0 Å². The summed E-state index contributed by atoms with van der Waals surface area (Å²) in [6, 6.07) is 8.26. The van der Waals surface area contributed by atoms with Crippen LogP contribution in [0.4, 0.5) is 21.5 Å². The minimum absolute atomic E-state index is 0.0283. The van der Waals surface area contributed by atoms with E-state index in [0.29, 0.717) is 4.90 Å². The van der Waals surface area contributed by atoms with Gasteiger partial charge in [0.1, 0.15) is 0 Å². The first-order valence-electron chi connectivity index (χ1n) is 12.6. The zero-order chi connectivity index (χ0) is 27.0. The van der Waals surface area contributed by atoms with E-state index < -0.39 is 21.7 Å². The van der Waals surface area contributed by atoms with E-state index in [0.717, 1.165) is 61.0 Å². The van der Waals surface area contributed by atoms with E-state index in [1.807, 2.05) is 0 Å². The Morgan fingerprint density at radius 3 is 2.54 bits per heavy atom. The van der Waals surface area contributed by atoms with Gasteiger partial charge in [-0.25, -0.2) is 12.8 Å². The normalized spacial score (nSPS) is 14.0. The quantitative estimate of drug-likeness (QED) is 0.255. The second kappa shape index (κ2) is 13.7. The number of unbranched alkanes of at least 4 members (excludes halogenated alkanes) is 4. The Morgan fingerprint density at radius 1 is 1.16 bits per heavy atom. The van der Waals surface area contributed by atoms with Crippen molar-refractivity contribution in [3.8, 4) is 0 Å². The smallest absolute Gasteiger partial charge is 0.257 e. The second-order valence-electron chi connectivity index (χ2n) is 9.13. The molecule has 1 aliphatic rings. The Morgan fingerprint density at radius 2 is 1.86 bits per heavy atom. The lowest BCUT2D eigenvalue weighted by atomic mass is 10.1. The summed E-state index contributed by atoms with van der Waals surface area (Å²) >= 11 is 7.81. The maximum absolute atomic E-state index is 15.2. The molecule has 7 nitrogen and oxygen atoms in total. The zero-order valence-corrected chi connectivity index (χ0v) is 24.0. The molecule has 0 atom stereocenters. The van der Waals surface area contributed by atoms with Crippen LogP contribution in [0, 0.1) is 5.82 Å². The van der Waals surface area contributed by atoms with Crippen molar-refractivity contribution in [3.63, 3.8) is 0 Å². The number of hydrogen-bond donors (Lipinski definition) is 2. The number of nitrogens with one attached hydrogen (secondary N) is 2. The van der Waals surface area contributed by atoms with E-state index in [-0.39, 0.29) is 22.0 Å². The third kappa shape index (κ3) is 7.99. The number of nitrogens with zero attached hydrogens (tertiary/aromatic N) is 2. The Balaban J connectivity index is 1.81. The van der Waals surface area contributed by atoms with Gasteiger partial charge in [-0.05, 0) is 42.5 Å². The van der Waals surface area contributed by atoms with Crippen molar-refractivity contribution in [1.29, 1.82) is 0 Å². The van der Waals surface area contributed by atoms with Crippen LogP contribution in [-0.4, -0.2) is 59.6 Å². The van der Waals surface area contributed by atoms with Gasteiger partial charge in [0.2, 0.25) is 10.0 Å². The lowest BCUT2D eigenvalue weighted by molar-refractivity contribution is 0.102. The van der Waals surface area contributed by atoms with E-state index in [4.69, 9.17) is 11.6 Å². The lowest BCUT2D eigenvalue weighted by Gasteiger charge is -2.30. The van der Waals surface area contributed by atoms with Crippen LogP contribution in [0.15, 0.2) is 35.2 Å². The maximum atomic E-state index is 15.2. The number of halogens is 2. The molecule has 1 amide bonds. The molecule has 11 heteroatoms. The van der Waals surface area contributed by atoms with E-state index in [2.05, 4.69) is 22.5 Å². The van der Waals surface area contributed by atoms with Crippen LogP contribution < -0.4 is 19.8 Å². The lowest BCUT2D eigenvalue weighted by Crippen LogP contribution is -2.43. The topological polar surface area (TPSA) is 81.8 Å². The third-order valence-electron chi connectivity index (χ3n) is 6.34. The number of amides is 1. The number of hydrogen-bond acceptors (Lipinski definition) is 6. The van der Waals surface area contributed by atoms with Crippen molar-refractivity contribution in [2.75, 3.05) is 59.8 Å². The summed E-state index contributed by atoms with van der Waals surface area (Å²) in [6.45, 7) is 5.29. The fourth-order valence-corrected chi connectivity index (χ4v) is 5.89. The van der Waals surface area contributed by atoms with Gasteiger partial charge >= 0.3 is 0 Å². The number of thioether (sulfide) groups is 1. The Labute approximate surface area is 229 Å². The molecule has 0 aromatic heterocycles. The molecule has 1 aliphatic heterocycles. The van der Waals surface area contributed by atoms with Crippen LogP contribution in [0.25, 0.3) is 0 Å². The maximum Gasteiger partial charge on any atom is 0.257 e. The van der Waals surface area contributed by atoms with Crippen molar-refractivity contribution < 1.29 is 17.6 Å². The Hall–Kier alpha value is -2.01. The molecular weight excluding hydrogens is 535 g/mol. The van der Waals surface area contributed by atoms with Crippen molar-refractivity contribution in [1.82, 2.24) is 5.32 Å². The molecule has 1 heterocycles. The van der Waals surface area contributed by atoms with Crippen LogP contribution in [0.5, 0.6) is 0 Å². The molecule has 37 heavy (non-hydrogen) atoms. The van der Waals surface area contributed by atoms with Gasteiger partial charge < -0.3 is 15.5 Å². The number of anilines is 3. The van der Waals surface area contributed by atoms with Gasteiger partial charge in [0.05, 0.1) is 28.2 Å². The van der Waals surface area contributed by atoms with E-state index in [1.54, 1.807) is 24.3 Å². The highest BCUT2D eigenvalue weighted by molar-refractivity contribution is 7.99. The predicted molar refractivity (Wildman–Crippen MR) is 154 cm³/mol. The minimum Gasteiger partial charge on any atom is -0.369 e. The number of sulfonamides is 1. The van der Waals surface area contributed by atoms with E-state index >= 15 is 4.39 Å². The summed E-state index contributed by atoms with van der Waals surface area (Å²) in [5.41, 5.74) is 1.08. The molecule has 0 aliphatic carbocycles. The highest BCUT2D eigenvalue weighted by Crippen LogP contribution is 2.35. The number of carbonyl (C=O) groups excluding carboxylic acids is 1. The molecule has 1 fully saturated rings. The summed E-state index contributed by atoms with van der Waals surface area (Å²) < 4.78 is 40.7. The molecule has 0 radical (unpaired) electrons. The molecule has 0 unspecified atom stereocenters. The van der Waals surface area contributed by atoms with Gasteiger partial charge in [0.15, 0.2) is 5.82 Å². The molecule has 2 N–H and O–H groups in total. The molecule has 0 spiro atoms. The average Bonchev–Trinajstić information content (AvgIpc) is 2.89. The number of piperazine rings is 1. The summed E-state index contributed by atoms with van der Waals surface area (Å²) in [7, 11) is -2.24. The summed E-state index contributed by atoms with van der Waals surface area (Å²) in [5, 5.41) is 5.85. The molecule has 0 saturated carbocycles. The minimum atomic E-state index is -3.63. The molecular formula is C26H36ClFN4O3S2. The molecule has 0 bridgehead atoms. The first-order valence-corrected chi connectivity index (χ1v) is 15.8. The monoisotopic (exact) mass is 570 g/mol. The van der Waals surface area contributed by atoms with Gasteiger partial charge in [0.25, 0.3) is 5.91 Å². The van der Waals surface area contributed by atoms with Crippen molar-refractivity contribution in [2.45, 2.75) is 43.9 Å². The van der Waals surface area contributed by atoms with Crippen molar-refractivity contribution in [3.05, 3.63) is 46.7 Å². The van der Waals surface area contributed by atoms with E-state index in [9.17, 15) is 13.2 Å². The third-order valence-corrected chi connectivity index (χ3v) is 9.16. The summed E-state index contributed by atoms with van der Waals surface area (Å²) in [4.78, 5) is 16.1. The molecule has 204 valence electrons. The summed E-state index contributed by atoms with van der Waals surface area (Å²) in [5.74, 6) is -0.481. The average molecular weight is 571 g/mol. The fourth-order valence-electron chi connectivity index (χ4n) is 4.10. The SMILES string of the molecule is CCCCCCCSc1ccc(NC(=O)c2cc(N3CCNCC3)ccc2N(C)S(C)(=O)=O)c(F)c1Cl. The van der Waals surface area contributed by atoms with Crippen molar-refractivity contribution >= 4 is 56.4 Å². The van der Waals surface area contributed by atoms with Crippen LogP contribution in [-0.2, 0) is 10.0 Å². The van der Waals surface area contributed by atoms with Gasteiger partial charge in [-0.15, -0.1) is 11.8 Å². The van der Waals surface area contributed by atoms with Gasteiger partial charge in [0, 0.05) is 43.8 Å². The molecule has 3 rings (SSSR count). The van der Waals surface area contributed by atoms with Crippen LogP contribution in [0.1, 0.15) is 49.4 Å². The highest BCUT2D eigenvalue weighted by atomic mass is 35.5. The predicted octanol–water partition coefficient (Wildman–Crippen LogP) is 5.60. The van der Waals surface area contributed by atoms with Gasteiger partial charge in [-0.1, -0.05) is 44.2 Å². The van der Waals surface area contributed by atoms with E-state index in [1.165, 1.54) is 44.1 Å². The number of benzene rings is 2. The van der Waals surface area contributed by atoms with Crippen LogP contribution >= 0.6 is 23.4 Å². The van der Waals surface area contributed by atoms with Crippen LogP contribution in [0.2, 0.25) is 5.02 Å². The molecule has 2 aromatic carbocycles. The first-order chi connectivity index (χ1) is 17.6. The molecule has 2 aromatic rings. The highest BCUT2D eigenvalue weighted by Gasteiger charge is 2.23. The Bertz CT molecular complexity index is 1190. The number of carbonyl (C=O) groups is 1. The number of rotatable bonds is 12. The zero-order valence-electron chi connectivity index (χ0n) is 21.6. The largest absolute Gasteiger partial charge is 0.369 e. The van der Waals surface area contributed by atoms with Gasteiger partial charge in [-0.3, -0.25) is 9.10 Å². The Kier molecular flexibility index (Phi) is 10.9. The standard InChI is InChI=1S/C26H36ClFN4O3S2/c1-4-5-6-7-8-17-36-23-12-10-21(25(28)24(23)27)30-26(33)20-18-19(32-15-13-29-14-16-32)9-11-22(20)31(2)37(3,34)35/h9-12,18,29H,4-8,13-17H2,1-3H3,(H,30,33). The van der Waals surface area contributed by atoms with Crippen molar-refractivity contribution in [2.24, 2.45) is 0 Å². The fraction of sp³-hybridized carbons (Fsp3) is 0.500. The second-order valence-corrected chi connectivity index (χ2v) is 12.7. The summed E-state index contributed by atoms with van der Waals surface area (Å²) in [6.07, 6.45) is 6.82. The first kappa shape index (κ1) is 29.5.